The number of benzene rings is 3. The van der Waals surface area contributed by atoms with E-state index in [1.165, 1.54) is 6.33 Å². The summed E-state index contributed by atoms with van der Waals surface area (Å²) in [6.45, 7) is 4.27. The first kappa shape index (κ1) is 26.3. The Labute approximate surface area is 234 Å². The number of nitrogens with one attached hydrogen (secondary N) is 2. The largest absolute Gasteiger partial charge is 0.495 e. The van der Waals surface area contributed by atoms with E-state index in [9.17, 15) is 4.79 Å². The maximum atomic E-state index is 13.8. The van der Waals surface area contributed by atoms with E-state index < -0.39 is 6.04 Å². The molecule has 2 N–H and O–H groups in total. The molecule has 39 heavy (non-hydrogen) atoms. The number of rotatable bonds is 8. The molecule has 200 valence electrons. The maximum absolute atomic E-state index is 13.8. The van der Waals surface area contributed by atoms with Gasteiger partial charge in [0.1, 0.15) is 24.7 Å². The number of hydrogen-bond donors (Lipinski definition) is 2. The van der Waals surface area contributed by atoms with Crippen LogP contribution in [0.2, 0.25) is 0 Å². The van der Waals surface area contributed by atoms with E-state index in [4.69, 9.17) is 14.2 Å². The average Bonchev–Trinajstić information content (AvgIpc) is 3.40. The van der Waals surface area contributed by atoms with Gasteiger partial charge in [0, 0.05) is 5.70 Å². The predicted molar refractivity (Wildman–Crippen MR) is 152 cm³/mol. The monoisotopic (exact) mass is 589 g/mol. The van der Waals surface area contributed by atoms with Crippen molar-refractivity contribution in [3.05, 3.63) is 99.4 Å². The summed E-state index contributed by atoms with van der Waals surface area (Å²) in [4.78, 5) is 18.1. The molecule has 0 saturated heterocycles. The third-order valence-electron chi connectivity index (χ3n) is 6.59. The predicted octanol–water partition coefficient (Wildman–Crippen LogP) is 5.87. The minimum absolute atomic E-state index is 0.300. The summed E-state index contributed by atoms with van der Waals surface area (Å²) in [5.41, 5.74) is 4.68. The highest BCUT2D eigenvalue weighted by atomic mass is 79.9. The van der Waals surface area contributed by atoms with Crippen LogP contribution in [0.5, 0.6) is 17.2 Å². The molecule has 1 aliphatic rings. The maximum Gasteiger partial charge on any atom is 0.255 e. The molecule has 1 atom stereocenters. The topological polar surface area (TPSA) is 99.5 Å². The molecule has 1 aliphatic heterocycles. The second-order valence-electron chi connectivity index (χ2n) is 9.00. The Hall–Kier alpha value is -4.31. The molecule has 2 heterocycles. The van der Waals surface area contributed by atoms with Gasteiger partial charge in [-0.2, -0.15) is 10.1 Å². The number of ether oxygens (including phenoxy) is 3. The van der Waals surface area contributed by atoms with Crippen molar-refractivity contribution in [2.45, 2.75) is 26.5 Å². The van der Waals surface area contributed by atoms with Gasteiger partial charge in [-0.25, -0.2) is 4.68 Å². The van der Waals surface area contributed by atoms with Gasteiger partial charge < -0.3 is 24.8 Å². The van der Waals surface area contributed by atoms with Gasteiger partial charge in [-0.05, 0) is 70.7 Å². The molecule has 4 aromatic rings. The van der Waals surface area contributed by atoms with Crippen LogP contribution in [0, 0.1) is 6.92 Å². The van der Waals surface area contributed by atoms with Crippen LogP contribution in [0.15, 0.2) is 82.7 Å². The van der Waals surface area contributed by atoms with Crippen molar-refractivity contribution >= 4 is 33.5 Å². The number of amides is 1. The average molecular weight is 590 g/mol. The molecule has 3 aromatic carbocycles. The fourth-order valence-corrected chi connectivity index (χ4v) is 5.16. The van der Waals surface area contributed by atoms with E-state index in [1.54, 1.807) is 31.0 Å². The van der Waals surface area contributed by atoms with Crippen molar-refractivity contribution in [2.75, 3.05) is 24.9 Å². The van der Waals surface area contributed by atoms with E-state index in [-0.39, 0.29) is 5.91 Å². The number of carbonyl (C=O) groups is 1. The zero-order valence-corrected chi connectivity index (χ0v) is 23.6. The Bertz CT molecular complexity index is 1570. The number of para-hydroxylation sites is 2. The molecule has 1 amide bonds. The van der Waals surface area contributed by atoms with Crippen molar-refractivity contribution in [3.8, 4) is 17.2 Å². The lowest BCUT2D eigenvalue weighted by molar-refractivity contribution is -0.113. The first-order valence-corrected chi connectivity index (χ1v) is 13.1. The molecule has 0 spiro atoms. The zero-order valence-electron chi connectivity index (χ0n) is 22.0. The fourth-order valence-electron chi connectivity index (χ4n) is 4.59. The van der Waals surface area contributed by atoms with Crippen molar-refractivity contribution in [1.82, 2.24) is 14.8 Å². The number of halogens is 1. The second-order valence-corrected chi connectivity index (χ2v) is 9.85. The Morgan fingerprint density at radius 2 is 1.79 bits per heavy atom. The molecule has 1 aromatic heterocycles. The van der Waals surface area contributed by atoms with Gasteiger partial charge in [-0.1, -0.05) is 36.4 Å². The number of fused-ring (bicyclic) bond motifs is 1. The molecular formula is C29H28BrN5O4. The minimum atomic E-state index is -0.589. The summed E-state index contributed by atoms with van der Waals surface area (Å²) in [5, 5.41) is 10.6. The number of anilines is 2. The van der Waals surface area contributed by atoms with Crippen LogP contribution in [0.1, 0.15) is 29.7 Å². The van der Waals surface area contributed by atoms with Crippen molar-refractivity contribution in [3.63, 3.8) is 0 Å². The number of aromatic nitrogens is 3. The number of carbonyl (C=O) groups excluding carboxylic acids is 1. The number of methoxy groups -OCH3 is 2. The third-order valence-corrected chi connectivity index (χ3v) is 7.18. The standard InChI is InChI=1S/C29H28BrN5O4/c1-17-9-5-6-10-19(17)15-39-27-21(30)13-20(14-24(27)38-4)26-25(18(2)33-29-31-16-32-35(26)29)28(36)34-22-11-7-8-12-23(22)37-3/h5-14,16,26H,15H2,1-4H3,(H,34,36)(H,31,32,33). The lowest BCUT2D eigenvalue weighted by Crippen LogP contribution is -2.31. The lowest BCUT2D eigenvalue weighted by Gasteiger charge is -2.29. The van der Waals surface area contributed by atoms with Gasteiger partial charge in [0.25, 0.3) is 5.91 Å². The Morgan fingerprint density at radius 1 is 1.05 bits per heavy atom. The highest BCUT2D eigenvalue weighted by Gasteiger charge is 2.34. The van der Waals surface area contributed by atoms with Crippen LogP contribution >= 0.6 is 15.9 Å². The normalized spacial score (nSPS) is 14.3. The number of allylic oxidation sites excluding steroid dienone is 1. The lowest BCUT2D eigenvalue weighted by atomic mass is 9.94. The SMILES string of the molecule is COc1ccccc1NC(=O)C1=C(C)Nc2ncnn2C1c1cc(Br)c(OCc2ccccc2C)c(OC)c1. The minimum Gasteiger partial charge on any atom is -0.495 e. The molecule has 5 rings (SSSR count). The highest BCUT2D eigenvalue weighted by Crippen LogP contribution is 2.43. The van der Waals surface area contributed by atoms with Gasteiger partial charge in [0.2, 0.25) is 5.95 Å². The molecule has 0 aliphatic carbocycles. The van der Waals surface area contributed by atoms with Crippen LogP contribution < -0.4 is 24.8 Å². The summed E-state index contributed by atoms with van der Waals surface area (Å²) in [5.74, 6) is 1.88. The van der Waals surface area contributed by atoms with Crippen molar-refractivity contribution in [1.29, 1.82) is 0 Å². The Kier molecular flexibility index (Phi) is 7.56. The third kappa shape index (κ3) is 5.20. The van der Waals surface area contributed by atoms with Gasteiger partial charge in [0.05, 0.1) is 30.0 Å². The smallest absolute Gasteiger partial charge is 0.255 e. The van der Waals surface area contributed by atoms with Crippen LogP contribution in [0.4, 0.5) is 11.6 Å². The van der Waals surface area contributed by atoms with Gasteiger partial charge in [-0.3, -0.25) is 4.79 Å². The molecule has 0 bridgehead atoms. The molecule has 0 fully saturated rings. The van der Waals surface area contributed by atoms with Crippen molar-refractivity contribution in [2.24, 2.45) is 0 Å². The fraction of sp³-hybridized carbons (Fsp3) is 0.207. The molecule has 10 heteroatoms. The van der Waals surface area contributed by atoms with E-state index in [0.717, 1.165) is 16.7 Å². The number of hydrogen-bond acceptors (Lipinski definition) is 7. The molecule has 9 nitrogen and oxygen atoms in total. The highest BCUT2D eigenvalue weighted by molar-refractivity contribution is 9.10. The first-order valence-electron chi connectivity index (χ1n) is 12.3. The van der Waals surface area contributed by atoms with E-state index in [1.807, 2.05) is 62.4 Å². The molecular weight excluding hydrogens is 562 g/mol. The van der Waals surface area contributed by atoms with Crippen LogP contribution in [0.3, 0.4) is 0 Å². The first-order chi connectivity index (χ1) is 18.9. The quantitative estimate of drug-likeness (QED) is 0.265. The number of nitrogens with zero attached hydrogens (tertiary/aromatic N) is 3. The summed E-state index contributed by atoms with van der Waals surface area (Å²) in [6, 6.07) is 18.5. The van der Waals surface area contributed by atoms with E-state index in [0.29, 0.717) is 51.2 Å². The van der Waals surface area contributed by atoms with Crippen LogP contribution in [0.25, 0.3) is 0 Å². The Balaban J connectivity index is 1.53. The molecule has 1 unspecified atom stereocenters. The summed E-state index contributed by atoms with van der Waals surface area (Å²) < 4.78 is 19.7. The van der Waals surface area contributed by atoms with Gasteiger partial charge in [0.15, 0.2) is 11.5 Å². The van der Waals surface area contributed by atoms with Gasteiger partial charge in [-0.15, -0.1) is 0 Å². The van der Waals surface area contributed by atoms with Gasteiger partial charge >= 0.3 is 0 Å². The molecule has 0 saturated carbocycles. The number of aryl methyl sites for hydroxylation is 1. The summed E-state index contributed by atoms with van der Waals surface area (Å²) in [6.07, 6.45) is 1.45. The van der Waals surface area contributed by atoms with Crippen LogP contribution in [-0.2, 0) is 11.4 Å². The summed E-state index contributed by atoms with van der Waals surface area (Å²) >= 11 is 3.67. The Morgan fingerprint density at radius 3 is 2.56 bits per heavy atom. The zero-order chi connectivity index (χ0) is 27.5. The van der Waals surface area contributed by atoms with Crippen molar-refractivity contribution < 1.29 is 19.0 Å². The summed E-state index contributed by atoms with van der Waals surface area (Å²) in [7, 11) is 3.15. The second kappa shape index (κ2) is 11.2. The van der Waals surface area contributed by atoms with E-state index >= 15 is 0 Å². The van der Waals surface area contributed by atoms with Crippen LogP contribution in [-0.4, -0.2) is 34.9 Å². The van der Waals surface area contributed by atoms with E-state index in [2.05, 4.69) is 36.6 Å². The molecule has 0 radical (unpaired) electrons.